The summed E-state index contributed by atoms with van der Waals surface area (Å²) in [7, 11) is 3.34. The fraction of sp³-hybridized carbons (Fsp3) is 0.238. The zero-order valence-corrected chi connectivity index (χ0v) is 20.1. The van der Waals surface area contributed by atoms with E-state index in [4.69, 9.17) is 21.1 Å². The van der Waals surface area contributed by atoms with Gasteiger partial charge in [0.15, 0.2) is 17.5 Å². The number of anilines is 1. The van der Waals surface area contributed by atoms with Crippen LogP contribution in [0.5, 0.6) is 11.5 Å². The van der Waals surface area contributed by atoms with Gasteiger partial charge >= 0.3 is 0 Å². The zero-order chi connectivity index (χ0) is 20.6. The number of halogens is 2. The molecule has 0 saturated heterocycles. The van der Waals surface area contributed by atoms with E-state index in [2.05, 4.69) is 20.7 Å². The maximum Gasteiger partial charge on any atom is 0.195 e. The maximum atomic E-state index is 5.94. The van der Waals surface area contributed by atoms with E-state index in [0.717, 1.165) is 16.9 Å². The van der Waals surface area contributed by atoms with Crippen molar-refractivity contribution in [3.8, 4) is 17.2 Å². The molecule has 0 aliphatic heterocycles. The van der Waals surface area contributed by atoms with Crippen LogP contribution in [0.3, 0.4) is 0 Å². The van der Waals surface area contributed by atoms with Crippen LogP contribution in [0.15, 0.2) is 59.9 Å². The predicted molar refractivity (Wildman–Crippen MR) is 132 cm³/mol. The quantitative estimate of drug-likeness (QED) is 0.257. The van der Waals surface area contributed by atoms with E-state index in [9.17, 15) is 0 Å². The highest BCUT2D eigenvalue weighted by molar-refractivity contribution is 14.0. The molecule has 0 radical (unpaired) electrons. The number of aromatic nitrogens is 2. The zero-order valence-electron chi connectivity index (χ0n) is 17.1. The van der Waals surface area contributed by atoms with Crippen LogP contribution >= 0.6 is 35.6 Å². The van der Waals surface area contributed by atoms with E-state index in [1.165, 1.54) is 0 Å². The molecule has 9 heteroatoms. The second kappa shape index (κ2) is 11.7. The highest BCUT2D eigenvalue weighted by atomic mass is 127. The molecular weight excluding hydrogens is 517 g/mol. The molecule has 160 valence electrons. The van der Waals surface area contributed by atoms with Gasteiger partial charge in [-0.15, -0.1) is 24.0 Å². The Morgan fingerprint density at radius 3 is 2.60 bits per heavy atom. The Balaban J connectivity index is 0.00000320. The largest absolute Gasteiger partial charge is 0.493 e. The van der Waals surface area contributed by atoms with Crippen molar-refractivity contribution in [1.82, 2.24) is 15.1 Å². The molecule has 2 N–H and O–H groups in total. The van der Waals surface area contributed by atoms with Gasteiger partial charge in [-0.3, -0.25) is 4.99 Å². The summed E-state index contributed by atoms with van der Waals surface area (Å²) in [6.45, 7) is 3.09. The summed E-state index contributed by atoms with van der Waals surface area (Å²) < 4.78 is 12.7. The van der Waals surface area contributed by atoms with Crippen molar-refractivity contribution < 1.29 is 9.47 Å². The minimum Gasteiger partial charge on any atom is -0.493 e. The van der Waals surface area contributed by atoms with E-state index >= 15 is 0 Å². The Morgan fingerprint density at radius 2 is 1.93 bits per heavy atom. The van der Waals surface area contributed by atoms with Crippen LogP contribution in [0.2, 0.25) is 5.02 Å². The van der Waals surface area contributed by atoms with Crippen LogP contribution in [0.4, 0.5) is 5.69 Å². The van der Waals surface area contributed by atoms with Gasteiger partial charge in [0.05, 0.1) is 25.6 Å². The normalized spacial score (nSPS) is 10.9. The summed E-state index contributed by atoms with van der Waals surface area (Å²) in [6.07, 6.45) is 3.78. The third kappa shape index (κ3) is 6.27. The average Bonchev–Trinajstić information content (AvgIpc) is 3.21. The number of ether oxygens (including phenoxy) is 2. The molecule has 30 heavy (non-hydrogen) atoms. The molecule has 1 heterocycles. The molecule has 0 aliphatic carbocycles. The first-order valence-corrected chi connectivity index (χ1v) is 9.58. The van der Waals surface area contributed by atoms with Crippen molar-refractivity contribution in [2.24, 2.45) is 4.99 Å². The van der Waals surface area contributed by atoms with Crippen LogP contribution in [0.25, 0.3) is 5.69 Å². The second-order valence-corrected chi connectivity index (χ2v) is 6.56. The first-order chi connectivity index (χ1) is 14.1. The summed E-state index contributed by atoms with van der Waals surface area (Å²) in [5.41, 5.74) is 2.81. The lowest BCUT2D eigenvalue weighted by molar-refractivity contribution is 0.311. The minimum absolute atomic E-state index is 0. The van der Waals surface area contributed by atoms with Gasteiger partial charge in [0.1, 0.15) is 0 Å². The molecule has 2 aromatic carbocycles. The number of nitrogens with one attached hydrogen (secondary N) is 2. The van der Waals surface area contributed by atoms with Crippen LogP contribution in [0, 0.1) is 0 Å². The second-order valence-electron chi connectivity index (χ2n) is 6.12. The summed E-state index contributed by atoms with van der Waals surface area (Å²) in [5, 5.41) is 11.6. The first kappa shape index (κ1) is 23.8. The van der Waals surface area contributed by atoms with E-state index < -0.39 is 0 Å². The highest BCUT2D eigenvalue weighted by Gasteiger charge is 2.08. The Kier molecular flexibility index (Phi) is 9.25. The van der Waals surface area contributed by atoms with Crippen molar-refractivity contribution in [2.45, 2.75) is 13.5 Å². The SMILES string of the molecule is CCOc1ccc(NC(=NC)NCc2cnn(-c3ccc(Cl)cc3)c2)cc1OC.I. The summed E-state index contributed by atoms with van der Waals surface area (Å²) in [4.78, 5) is 4.27. The monoisotopic (exact) mass is 541 g/mol. The summed E-state index contributed by atoms with van der Waals surface area (Å²) in [6, 6.07) is 13.2. The van der Waals surface area contributed by atoms with Gasteiger partial charge in [0.25, 0.3) is 0 Å². The Labute approximate surface area is 198 Å². The van der Waals surface area contributed by atoms with Gasteiger partial charge < -0.3 is 20.1 Å². The van der Waals surface area contributed by atoms with E-state index in [0.29, 0.717) is 35.6 Å². The van der Waals surface area contributed by atoms with Crippen molar-refractivity contribution in [2.75, 3.05) is 26.1 Å². The Bertz CT molecular complexity index is 976. The molecule has 0 unspecified atom stereocenters. The molecule has 0 saturated carbocycles. The third-order valence-corrected chi connectivity index (χ3v) is 4.39. The van der Waals surface area contributed by atoms with Crippen molar-refractivity contribution in [3.63, 3.8) is 0 Å². The standard InChI is InChI=1S/C21H24ClN5O2.HI/c1-4-29-19-10-7-17(11-20(19)28-3)26-21(23-2)24-12-15-13-25-27(14-15)18-8-5-16(22)6-9-18;/h5-11,13-14H,4,12H2,1-3H3,(H2,23,24,26);1H. The Hall–Kier alpha value is -2.46. The fourth-order valence-electron chi connectivity index (χ4n) is 2.71. The maximum absolute atomic E-state index is 5.94. The molecule has 0 amide bonds. The highest BCUT2D eigenvalue weighted by Crippen LogP contribution is 2.30. The van der Waals surface area contributed by atoms with Gasteiger partial charge in [0.2, 0.25) is 0 Å². The van der Waals surface area contributed by atoms with Gasteiger partial charge in [0, 0.05) is 42.1 Å². The molecule has 0 fully saturated rings. The number of nitrogens with zero attached hydrogens (tertiary/aromatic N) is 3. The van der Waals surface area contributed by atoms with Crippen LogP contribution < -0.4 is 20.1 Å². The summed E-state index contributed by atoms with van der Waals surface area (Å²) >= 11 is 5.94. The lowest BCUT2D eigenvalue weighted by atomic mass is 10.2. The molecular formula is C21H25ClIN5O2. The number of aliphatic imine (C=N–C) groups is 1. The van der Waals surface area contributed by atoms with Crippen LogP contribution in [0.1, 0.15) is 12.5 Å². The molecule has 0 atom stereocenters. The average molecular weight is 542 g/mol. The van der Waals surface area contributed by atoms with Gasteiger partial charge in [-0.25, -0.2) is 4.68 Å². The number of hydrogen-bond acceptors (Lipinski definition) is 4. The number of methoxy groups -OCH3 is 1. The third-order valence-electron chi connectivity index (χ3n) is 4.14. The molecule has 3 rings (SSSR count). The number of guanidine groups is 1. The number of rotatable bonds is 7. The first-order valence-electron chi connectivity index (χ1n) is 9.21. The van der Waals surface area contributed by atoms with Crippen molar-refractivity contribution >= 4 is 47.2 Å². The van der Waals surface area contributed by atoms with Crippen LogP contribution in [-0.4, -0.2) is 36.5 Å². The van der Waals surface area contributed by atoms with Gasteiger partial charge in [-0.1, -0.05) is 11.6 Å². The molecule has 0 aliphatic rings. The van der Waals surface area contributed by atoms with Crippen LogP contribution in [-0.2, 0) is 6.54 Å². The van der Waals surface area contributed by atoms with Crippen molar-refractivity contribution in [1.29, 1.82) is 0 Å². The van der Waals surface area contributed by atoms with E-state index in [-0.39, 0.29) is 24.0 Å². The van der Waals surface area contributed by atoms with Gasteiger partial charge in [-0.05, 0) is 43.3 Å². The smallest absolute Gasteiger partial charge is 0.195 e. The molecule has 0 bridgehead atoms. The number of hydrogen-bond donors (Lipinski definition) is 2. The lowest BCUT2D eigenvalue weighted by Gasteiger charge is -2.14. The fourth-order valence-corrected chi connectivity index (χ4v) is 2.83. The molecule has 0 spiro atoms. The molecule has 1 aromatic heterocycles. The molecule has 7 nitrogen and oxygen atoms in total. The predicted octanol–water partition coefficient (Wildman–Crippen LogP) is 4.74. The van der Waals surface area contributed by atoms with E-state index in [1.807, 2.05) is 61.8 Å². The van der Waals surface area contributed by atoms with Gasteiger partial charge in [-0.2, -0.15) is 5.10 Å². The van der Waals surface area contributed by atoms with Crippen molar-refractivity contribution in [3.05, 3.63) is 65.4 Å². The molecule has 3 aromatic rings. The lowest BCUT2D eigenvalue weighted by Crippen LogP contribution is -2.30. The number of benzene rings is 2. The minimum atomic E-state index is 0. The Morgan fingerprint density at radius 1 is 1.17 bits per heavy atom. The topological polar surface area (TPSA) is 72.7 Å². The van der Waals surface area contributed by atoms with E-state index in [1.54, 1.807) is 18.8 Å². The summed E-state index contributed by atoms with van der Waals surface area (Å²) in [5.74, 6) is 2.00.